The van der Waals surface area contributed by atoms with Crippen LogP contribution in [0, 0.1) is 0 Å². The molecular weight excluding hydrogens is 404 g/mol. The van der Waals surface area contributed by atoms with Gasteiger partial charge in [0.1, 0.15) is 6.10 Å². The summed E-state index contributed by atoms with van der Waals surface area (Å²) < 4.78 is 9.94. The number of carbonyl (C=O) groups is 2. The van der Waals surface area contributed by atoms with Gasteiger partial charge in [-0.2, -0.15) is 0 Å². The number of rotatable bonds is 3. The Morgan fingerprint density at radius 3 is 1.53 bits per heavy atom. The van der Waals surface area contributed by atoms with Gasteiger partial charge in [-0.15, -0.1) is 0 Å². The summed E-state index contributed by atoms with van der Waals surface area (Å²) in [5.41, 5.74) is 1.24. The lowest BCUT2D eigenvalue weighted by molar-refractivity contribution is 0.0211. The third-order valence-electron chi connectivity index (χ3n) is 5.60. The Morgan fingerprint density at radius 2 is 1.12 bits per heavy atom. The molecule has 2 aromatic carbocycles. The van der Waals surface area contributed by atoms with Crippen LogP contribution in [0.1, 0.15) is 84.9 Å². The van der Waals surface area contributed by atoms with Gasteiger partial charge in [-0.1, -0.05) is 62.1 Å². The highest BCUT2D eigenvalue weighted by atomic mass is 16.5. The second-order valence-electron chi connectivity index (χ2n) is 8.18. The molecule has 32 heavy (non-hydrogen) atoms. The molecule has 2 aliphatic carbocycles. The van der Waals surface area contributed by atoms with Crippen molar-refractivity contribution in [3.8, 4) is 0 Å². The standard InChI is InChI=1S/C13H16O2.C8H8O2.C6H12O/c14-13(11-7-3-1-4-8-11)15-12-9-5-2-6-10-12;1-10-8(9)7-5-3-2-4-6-7;7-6-4-2-1-3-5-6/h1,3-4,7-8,12H,2,5-6,9-10H2;2-6H,1H3;6-7H,1-5H2. The van der Waals surface area contributed by atoms with Gasteiger partial charge < -0.3 is 14.6 Å². The number of aliphatic hydroxyl groups is 1. The van der Waals surface area contributed by atoms with Crippen LogP contribution in [0.2, 0.25) is 0 Å². The van der Waals surface area contributed by atoms with E-state index in [1.165, 1.54) is 45.6 Å². The van der Waals surface area contributed by atoms with E-state index < -0.39 is 0 Å². The third-order valence-corrected chi connectivity index (χ3v) is 5.60. The number of hydrogen-bond donors (Lipinski definition) is 1. The lowest BCUT2D eigenvalue weighted by Crippen LogP contribution is -2.20. The van der Waals surface area contributed by atoms with Crippen LogP contribution in [0.4, 0.5) is 0 Å². The Bertz CT molecular complexity index is 763. The topological polar surface area (TPSA) is 72.8 Å². The molecule has 2 aliphatic rings. The lowest BCUT2D eigenvalue weighted by atomic mass is 9.98. The zero-order valence-electron chi connectivity index (χ0n) is 19.1. The van der Waals surface area contributed by atoms with Crippen molar-refractivity contribution in [2.75, 3.05) is 7.11 Å². The maximum absolute atomic E-state index is 11.7. The Morgan fingerprint density at radius 1 is 0.688 bits per heavy atom. The van der Waals surface area contributed by atoms with Crippen LogP contribution >= 0.6 is 0 Å². The molecule has 174 valence electrons. The number of esters is 2. The zero-order chi connectivity index (χ0) is 23.0. The Hall–Kier alpha value is -2.66. The Balaban J connectivity index is 0.000000184. The molecule has 0 aromatic heterocycles. The number of aliphatic hydroxyl groups excluding tert-OH is 1. The summed E-state index contributed by atoms with van der Waals surface area (Å²) in [5, 5.41) is 8.91. The molecule has 5 heteroatoms. The summed E-state index contributed by atoms with van der Waals surface area (Å²) in [5.74, 6) is -0.469. The highest BCUT2D eigenvalue weighted by molar-refractivity contribution is 5.89. The molecule has 5 nitrogen and oxygen atoms in total. The van der Waals surface area contributed by atoms with E-state index in [0.29, 0.717) is 11.1 Å². The van der Waals surface area contributed by atoms with Gasteiger partial charge >= 0.3 is 11.9 Å². The second kappa shape index (κ2) is 15.2. The first-order valence-corrected chi connectivity index (χ1v) is 11.7. The second-order valence-corrected chi connectivity index (χ2v) is 8.18. The predicted molar refractivity (Wildman–Crippen MR) is 126 cm³/mol. The Kier molecular flexibility index (Phi) is 12.2. The van der Waals surface area contributed by atoms with Gasteiger partial charge in [0.2, 0.25) is 0 Å². The summed E-state index contributed by atoms with van der Waals surface area (Å²) in [7, 11) is 1.37. The van der Waals surface area contributed by atoms with Crippen LogP contribution in [-0.4, -0.2) is 36.4 Å². The molecule has 0 unspecified atom stereocenters. The maximum Gasteiger partial charge on any atom is 0.338 e. The maximum atomic E-state index is 11.7. The van der Waals surface area contributed by atoms with Crippen molar-refractivity contribution in [3.05, 3.63) is 71.8 Å². The molecule has 2 saturated carbocycles. The van der Waals surface area contributed by atoms with Gasteiger partial charge in [-0.05, 0) is 62.8 Å². The van der Waals surface area contributed by atoms with Crippen LogP contribution < -0.4 is 0 Å². The monoisotopic (exact) mass is 440 g/mol. The number of hydrogen-bond acceptors (Lipinski definition) is 5. The zero-order valence-corrected chi connectivity index (χ0v) is 19.1. The van der Waals surface area contributed by atoms with Crippen LogP contribution in [0.3, 0.4) is 0 Å². The third kappa shape index (κ3) is 10.1. The van der Waals surface area contributed by atoms with Gasteiger partial charge in [0.05, 0.1) is 24.3 Å². The number of ether oxygens (including phenoxy) is 2. The fourth-order valence-electron chi connectivity index (χ4n) is 3.75. The first kappa shape index (κ1) is 25.6. The molecule has 0 bridgehead atoms. The molecule has 0 aliphatic heterocycles. The summed E-state index contributed by atoms with van der Waals surface area (Å²) in [6.07, 6.45) is 11.8. The van der Waals surface area contributed by atoms with E-state index in [9.17, 15) is 9.59 Å². The van der Waals surface area contributed by atoms with E-state index in [1.54, 1.807) is 36.4 Å². The van der Waals surface area contributed by atoms with Crippen LogP contribution in [0.25, 0.3) is 0 Å². The van der Waals surface area contributed by atoms with Crippen LogP contribution in [0.5, 0.6) is 0 Å². The van der Waals surface area contributed by atoms with Crippen molar-refractivity contribution in [2.24, 2.45) is 0 Å². The smallest absolute Gasteiger partial charge is 0.338 e. The molecular formula is C27H36O5. The SMILES string of the molecule is COC(=O)c1ccccc1.O=C(OC1CCCCC1)c1ccccc1.OC1CCCCC1. The number of methoxy groups -OCH3 is 1. The normalized spacial score (nSPS) is 16.4. The quantitative estimate of drug-likeness (QED) is 0.596. The molecule has 0 spiro atoms. The van der Waals surface area contributed by atoms with Crippen molar-refractivity contribution < 1.29 is 24.2 Å². The fourth-order valence-corrected chi connectivity index (χ4v) is 3.75. The van der Waals surface area contributed by atoms with E-state index in [-0.39, 0.29) is 24.1 Å². The predicted octanol–water partition coefficient (Wildman–Crippen LogP) is 5.96. The molecule has 0 radical (unpaired) electrons. The van der Waals surface area contributed by atoms with Crippen molar-refractivity contribution in [1.82, 2.24) is 0 Å². The van der Waals surface area contributed by atoms with Gasteiger partial charge in [0.25, 0.3) is 0 Å². The van der Waals surface area contributed by atoms with Crippen molar-refractivity contribution in [2.45, 2.75) is 76.4 Å². The first-order chi connectivity index (χ1) is 15.6. The first-order valence-electron chi connectivity index (χ1n) is 11.7. The average molecular weight is 441 g/mol. The fraction of sp³-hybridized carbons (Fsp3) is 0.481. The van der Waals surface area contributed by atoms with Gasteiger partial charge in [-0.25, -0.2) is 9.59 Å². The molecule has 0 saturated heterocycles. The van der Waals surface area contributed by atoms with Crippen molar-refractivity contribution >= 4 is 11.9 Å². The molecule has 4 rings (SSSR count). The highest BCUT2D eigenvalue weighted by Gasteiger charge is 2.18. The number of carbonyl (C=O) groups excluding carboxylic acids is 2. The summed E-state index contributed by atoms with van der Waals surface area (Å²) in [4.78, 5) is 22.5. The average Bonchev–Trinajstić information content (AvgIpc) is 2.86. The summed E-state index contributed by atoms with van der Waals surface area (Å²) in [6, 6.07) is 18.1. The van der Waals surface area contributed by atoms with Crippen molar-refractivity contribution in [1.29, 1.82) is 0 Å². The number of benzene rings is 2. The van der Waals surface area contributed by atoms with Gasteiger partial charge in [0, 0.05) is 0 Å². The van der Waals surface area contributed by atoms with Crippen molar-refractivity contribution in [3.63, 3.8) is 0 Å². The summed E-state index contributed by atoms with van der Waals surface area (Å²) >= 11 is 0. The molecule has 2 fully saturated rings. The van der Waals surface area contributed by atoms with E-state index in [2.05, 4.69) is 4.74 Å². The van der Waals surface area contributed by atoms with Crippen LogP contribution in [0.15, 0.2) is 60.7 Å². The largest absolute Gasteiger partial charge is 0.465 e. The molecule has 0 heterocycles. The van der Waals surface area contributed by atoms with Gasteiger partial charge in [0.15, 0.2) is 0 Å². The van der Waals surface area contributed by atoms with E-state index >= 15 is 0 Å². The summed E-state index contributed by atoms with van der Waals surface area (Å²) in [6.45, 7) is 0. The van der Waals surface area contributed by atoms with Gasteiger partial charge in [-0.3, -0.25) is 0 Å². The van der Waals surface area contributed by atoms with E-state index in [1.807, 2.05) is 24.3 Å². The Labute approximate surface area is 191 Å². The molecule has 1 N–H and O–H groups in total. The molecule has 0 atom stereocenters. The minimum Gasteiger partial charge on any atom is -0.465 e. The molecule has 2 aromatic rings. The highest BCUT2D eigenvalue weighted by Crippen LogP contribution is 2.21. The van der Waals surface area contributed by atoms with E-state index in [4.69, 9.17) is 9.84 Å². The minimum atomic E-state index is -0.291. The van der Waals surface area contributed by atoms with Crippen LogP contribution in [-0.2, 0) is 9.47 Å². The molecule has 0 amide bonds. The minimum absolute atomic E-state index is 0.0359. The lowest BCUT2D eigenvalue weighted by Gasteiger charge is -2.21. The van der Waals surface area contributed by atoms with E-state index in [0.717, 1.165) is 25.7 Å².